The topological polar surface area (TPSA) is 23.8 Å². The van der Waals surface area contributed by atoms with Crippen molar-refractivity contribution in [2.45, 2.75) is 45.4 Å². The van der Waals surface area contributed by atoms with Crippen molar-refractivity contribution < 1.29 is 0 Å². The molecule has 0 saturated heterocycles. The molecule has 0 heterocycles. The van der Waals surface area contributed by atoms with Gasteiger partial charge < -0.3 is 0 Å². The Morgan fingerprint density at radius 1 is 0.714 bits per heavy atom. The fourth-order valence-electron chi connectivity index (χ4n) is 2.51. The van der Waals surface area contributed by atoms with E-state index >= 15 is 0 Å². The first-order chi connectivity index (χ1) is 10.3. The van der Waals surface area contributed by atoms with E-state index < -0.39 is 0 Å². The molecule has 0 bridgehead atoms. The van der Waals surface area contributed by atoms with Crippen LogP contribution >= 0.6 is 0 Å². The van der Waals surface area contributed by atoms with E-state index in [1.54, 1.807) is 0 Å². The molecule has 1 nitrogen and oxygen atoms in total. The van der Waals surface area contributed by atoms with E-state index in [0.29, 0.717) is 0 Å². The Morgan fingerprint density at radius 3 is 1.67 bits per heavy atom. The molecule has 1 heteroatoms. The highest BCUT2D eigenvalue weighted by atomic mass is 14.2. The minimum Gasteiger partial charge on any atom is -0.192 e. The normalized spacial score (nSPS) is 10.3. The molecule has 0 atom stereocenters. The number of rotatable bonds is 7. The first kappa shape index (κ1) is 15.3. The molecule has 0 aliphatic carbocycles. The highest BCUT2D eigenvalue weighted by Gasteiger charge is 1.96. The Morgan fingerprint density at radius 2 is 1.19 bits per heavy atom. The molecule has 0 amide bonds. The monoisotopic (exact) mass is 277 g/mol. The van der Waals surface area contributed by atoms with Crippen LogP contribution in [0.25, 0.3) is 0 Å². The highest BCUT2D eigenvalue weighted by Crippen LogP contribution is 2.12. The summed E-state index contributed by atoms with van der Waals surface area (Å²) in [5.41, 5.74) is 4.87. The molecule has 0 aromatic heterocycles. The summed E-state index contributed by atoms with van der Waals surface area (Å²) in [4.78, 5) is 0. The lowest BCUT2D eigenvalue weighted by atomic mass is 10.0. The predicted octanol–water partition coefficient (Wildman–Crippen LogP) is 5.21. The van der Waals surface area contributed by atoms with Crippen LogP contribution in [0.2, 0.25) is 0 Å². The van der Waals surface area contributed by atoms with Crippen molar-refractivity contribution in [1.29, 1.82) is 5.26 Å². The Labute approximate surface area is 128 Å². The summed E-state index contributed by atoms with van der Waals surface area (Å²) in [5.74, 6) is 0. The zero-order valence-corrected chi connectivity index (χ0v) is 12.8. The van der Waals surface area contributed by atoms with Crippen molar-refractivity contribution in [2.24, 2.45) is 0 Å². The molecule has 0 unspecified atom stereocenters. The minimum absolute atomic E-state index is 0.747. The van der Waals surface area contributed by atoms with Crippen LogP contribution < -0.4 is 0 Å². The zero-order chi connectivity index (χ0) is 14.9. The number of aryl methyl sites for hydroxylation is 3. The summed E-state index contributed by atoms with van der Waals surface area (Å²) in [7, 11) is 0. The number of hydrogen-bond acceptors (Lipinski definition) is 1. The van der Waals surface area contributed by atoms with Crippen LogP contribution in [-0.2, 0) is 12.8 Å². The van der Waals surface area contributed by atoms with E-state index in [1.165, 1.54) is 48.8 Å². The van der Waals surface area contributed by atoms with E-state index in [-0.39, 0.29) is 0 Å². The van der Waals surface area contributed by atoms with Gasteiger partial charge in [0.2, 0.25) is 0 Å². The van der Waals surface area contributed by atoms with Crippen LogP contribution in [0, 0.1) is 18.3 Å². The maximum atomic E-state index is 8.76. The van der Waals surface area contributed by atoms with Crippen LogP contribution in [0.3, 0.4) is 0 Å². The first-order valence-electron chi connectivity index (χ1n) is 7.82. The molecule has 0 N–H and O–H groups in total. The van der Waals surface area contributed by atoms with Gasteiger partial charge in [0.25, 0.3) is 0 Å². The van der Waals surface area contributed by atoms with Crippen molar-refractivity contribution in [1.82, 2.24) is 0 Å². The molecule has 2 rings (SSSR count). The second-order valence-corrected chi connectivity index (χ2v) is 5.71. The lowest BCUT2D eigenvalue weighted by Gasteiger charge is -2.04. The van der Waals surface area contributed by atoms with Gasteiger partial charge in [-0.3, -0.25) is 0 Å². The molecule has 0 aliphatic heterocycles. The number of hydrogen-bond donors (Lipinski definition) is 0. The number of nitrogens with zero attached hydrogens (tertiary/aromatic N) is 1. The molecular weight excluding hydrogens is 254 g/mol. The summed E-state index contributed by atoms with van der Waals surface area (Å²) in [6.45, 7) is 2.13. The molecule has 0 radical (unpaired) electrons. The zero-order valence-electron chi connectivity index (χ0n) is 12.8. The SMILES string of the molecule is Cc1ccc(CCCCCCc2ccc(C#N)cc2)cc1. The van der Waals surface area contributed by atoms with Gasteiger partial charge in [-0.15, -0.1) is 0 Å². The van der Waals surface area contributed by atoms with Gasteiger partial charge in [-0.25, -0.2) is 0 Å². The highest BCUT2D eigenvalue weighted by molar-refractivity contribution is 5.31. The molecule has 2 aromatic carbocycles. The fourth-order valence-corrected chi connectivity index (χ4v) is 2.51. The molecule has 0 aliphatic rings. The average molecular weight is 277 g/mol. The fraction of sp³-hybridized carbons (Fsp3) is 0.350. The van der Waals surface area contributed by atoms with Gasteiger partial charge in [0.15, 0.2) is 0 Å². The maximum Gasteiger partial charge on any atom is 0.0991 e. The van der Waals surface area contributed by atoms with Gasteiger partial charge >= 0.3 is 0 Å². The molecule has 0 fully saturated rings. The number of nitriles is 1. The van der Waals surface area contributed by atoms with Gasteiger partial charge in [0.05, 0.1) is 11.6 Å². The second-order valence-electron chi connectivity index (χ2n) is 5.71. The predicted molar refractivity (Wildman–Crippen MR) is 88.2 cm³/mol. The molecule has 21 heavy (non-hydrogen) atoms. The molecule has 0 saturated carbocycles. The Balaban J connectivity index is 1.59. The number of unbranched alkanes of at least 4 members (excludes halogenated alkanes) is 3. The van der Waals surface area contributed by atoms with Gasteiger partial charge in [-0.1, -0.05) is 54.8 Å². The van der Waals surface area contributed by atoms with E-state index in [2.05, 4.69) is 49.4 Å². The summed E-state index contributed by atoms with van der Waals surface area (Å²) in [6, 6.07) is 19.0. The van der Waals surface area contributed by atoms with E-state index in [9.17, 15) is 0 Å². The third kappa shape index (κ3) is 5.44. The van der Waals surface area contributed by atoms with E-state index in [4.69, 9.17) is 5.26 Å². The van der Waals surface area contributed by atoms with Crippen LogP contribution in [-0.4, -0.2) is 0 Å². The largest absolute Gasteiger partial charge is 0.192 e. The Hall–Kier alpha value is -2.07. The van der Waals surface area contributed by atoms with Crippen LogP contribution in [0.4, 0.5) is 0 Å². The summed E-state index contributed by atoms with van der Waals surface area (Å²) >= 11 is 0. The van der Waals surface area contributed by atoms with Crippen molar-refractivity contribution in [3.8, 4) is 6.07 Å². The van der Waals surface area contributed by atoms with Crippen molar-refractivity contribution >= 4 is 0 Å². The van der Waals surface area contributed by atoms with Gasteiger partial charge in [-0.2, -0.15) is 5.26 Å². The minimum atomic E-state index is 0.747. The smallest absolute Gasteiger partial charge is 0.0991 e. The van der Waals surface area contributed by atoms with Crippen LogP contribution in [0.5, 0.6) is 0 Å². The molecule has 0 spiro atoms. The van der Waals surface area contributed by atoms with Crippen molar-refractivity contribution in [3.63, 3.8) is 0 Å². The Bertz CT molecular complexity index is 573. The summed E-state index contributed by atoms with van der Waals surface area (Å²) < 4.78 is 0. The van der Waals surface area contributed by atoms with Crippen LogP contribution in [0.1, 0.15) is 47.9 Å². The quantitative estimate of drug-likeness (QED) is 0.637. The standard InChI is InChI=1S/C20H23N/c1-17-8-10-18(11-9-17)6-4-2-3-5-7-19-12-14-20(16-21)15-13-19/h8-15H,2-7H2,1H3. The van der Waals surface area contributed by atoms with Crippen LogP contribution in [0.15, 0.2) is 48.5 Å². The average Bonchev–Trinajstić information content (AvgIpc) is 2.53. The summed E-state index contributed by atoms with van der Waals surface area (Å²) in [5, 5.41) is 8.76. The third-order valence-electron chi connectivity index (χ3n) is 3.88. The third-order valence-corrected chi connectivity index (χ3v) is 3.88. The van der Waals surface area contributed by atoms with Crippen molar-refractivity contribution in [2.75, 3.05) is 0 Å². The molecular formula is C20H23N. The summed E-state index contributed by atoms with van der Waals surface area (Å²) in [6.07, 6.45) is 7.40. The van der Waals surface area contributed by atoms with Gasteiger partial charge in [0, 0.05) is 0 Å². The molecule has 108 valence electrons. The molecule has 2 aromatic rings. The second kappa shape index (κ2) is 8.27. The lowest BCUT2D eigenvalue weighted by molar-refractivity contribution is 0.640. The maximum absolute atomic E-state index is 8.76. The number of benzene rings is 2. The van der Waals surface area contributed by atoms with Crippen molar-refractivity contribution in [3.05, 3.63) is 70.8 Å². The van der Waals surface area contributed by atoms with Gasteiger partial charge in [-0.05, 0) is 55.9 Å². The Kier molecular flexibility index (Phi) is 6.03. The van der Waals surface area contributed by atoms with E-state index in [0.717, 1.165) is 12.0 Å². The van der Waals surface area contributed by atoms with E-state index in [1.807, 2.05) is 12.1 Å². The first-order valence-corrected chi connectivity index (χ1v) is 7.82. The lowest BCUT2D eigenvalue weighted by Crippen LogP contribution is -1.89. The van der Waals surface area contributed by atoms with Gasteiger partial charge in [0.1, 0.15) is 0 Å².